The van der Waals surface area contributed by atoms with Gasteiger partial charge in [-0.15, -0.1) is 0 Å². The molecule has 0 fully saturated rings. The first-order valence-electron chi connectivity index (χ1n) is 6.58. The maximum atomic E-state index is 12.0. The SMILES string of the molecule is COC(=O)[C@H](Cc1ccccc1)OC(=O)c1ccccc1. The summed E-state index contributed by atoms with van der Waals surface area (Å²) in [5, 5.41) is 0. The van der Waals surface area contributed by atoms with Crippen LogP contribution in [0.5, 0.6) is 0 Å². The molecule has 0 spiro atoms. The fourth-order valence-electron chi connectivity index (χ4n) is 1.90. The number of carbonyl (C=O) groups is 2. The van der Waals surface area contributed by atoms with Crippen LogP contribution in [0.4, 0.5) is 0 Å². The molecular formula is C17H16O4. The number of ether oxygens (including phenoxy) is 2. The van der Waals surface area contributed by atoms with Gasteiger partial charge in [-0.25, -0.2) is 9.59 Å². The highest BCUT2D eigenvalue weighted by molar-refractivity contribution is 5.91. The van der Waals surface area contributed by atoms with Crippen molar-refractivity contribution in [1.82, 2.24) is 0 Å². The van der Waals surface area contributed by atoms with Gasteiger partial charge in [-0.05, 0) is 17.7 Å². The second kappa shape index (κ2) is 7.24. The Morgan fingerprint density at radius 3 is 2.10 bits per heavy atom. The zero-order valence-corrected chi connectivity index (χ0v) is 11.7. The topological polar surface area (TPSA) is 52.6 Å². The van der Waals surface area contributed by atoms with Crippen molar-refractivity contribution >= 4 is 11.9 Å². The van der Waals surface area contributed by atoms with Crippen molar-refractivity contribution in [2.75, 3.05) is 7.11 Å². The maximum Gasteiger partial charge on any atom is 0.347 e. The van der Waals surface area contributed by atoms with Crippen LogP contribution in [-0.4, -0.2) is 25.2 Å². The van der Waals surface area contributed by atoms with E-state index in [0.717, 1.165) is 5.56 Å². The van der Waals surface area contributed by atoms with Gasteiger partial charge in [0.05, 0.1) is 12.7 Å². The van der Waals surface area contributed by atoms with Gasteiger partial charge >= 0.3 is 11.9 Å². The fourth-order valence-corrected chi connectivity index (χ4v) is 1.90. The van der Waals surface area contributed by atoms with E-state index in [1.54, 1.807) is 30.3 Å². The van der Waals surface area contributed by atoms with E-state index < -0.39 is 18.0 Å². The Balaban J connectivity index is 2.10. The molecule has 0 heterocycles. The predicted molar refractivity (Wildman–Crippen MR) is 77.8 cm³/mol. The Kier molecular flexibility index (Phi) is 5.10. The molecule has 0 unspecified atom stereocenters. The van der Waals surface area contributed by atoms with Crippen LogP contribution in [0.15, 0.2) is 60.7 Å². The van der Waals surface area contributed by atoms with Crippen LogP contribution in [0.2, 0.25) is 0 Å². The van der Waals surface area contributed by atoms with Crippen LogP contribution in [0.1, 0.15) is 15.9 Å². The molecule has 0 saturated carbocycles. The van der Waals surface area contributed by atoms with E-state index in [1.807, 2.05) is 30.3 Å². The molecule has 1 atom stereocenters. The Hall–Kier alpha value is -2.62. The van der Waals surface area contributed by atoms with Gasteiger partial charge in [0.25, 0.3) is 0 Å². The Morgan fingerprint density at radius 2 is 1.52 bits per heavy atom. The summed E-state index contributed by atoms with van der Waals surface area (Å²) < 4.78 is 9.98. The van der Waals surface area contributed by atoms with E-state index in [1.165, 1.54) is 7.11 Å². The molecular weight excluding hydrogens is 268 g/mol. The minimum absolute atomic E-state index is 0.284. The molecule has 0 aliphatic rings. The van der Waals surface area contributed by atoms with Gasteiger partial charge in [-0.2, -0.15) is 0 Å². The highest BCUT2D eigenvalue weighted by Crippen LogP contribution is 2.11. The second-order valence-electron chi connectivity index (χ2n) is 4.47. The number of rotatable bonds is 5. The molecule has 0 aliphatic carbocycles. The minimum atomic E-state index is -0.954. The highest BCUT2D eigenvalue weighted by atomic mass is 16.6. The molecule has 2 aromatic rings. The van der Waals surface area contributed by atoms with Gasteiger partial charge in [-0.3, -0.25) is 0 Å². The normalized spacial score (nSPS) is 11.5. The molecule has 2 aromatic carbocycles. The van der Waals surface area contributed by atoms with Crippen molar-refractivity contribution in [3.8, 4) is 0 Å². The summed E-state index contributed by atoms with van der Waals surface area (Å²) in [6.45, 7) is 0. The molecule has 0 amide bonds. The van der Waals surface area contributed by atoms with E-state index in [2.05, 4.69) is 0 Å². The van der Waals surface area contributed by atoms with E-state index in [9.17, 15) is 9.59 Å². The number of methoxy groups -OCH3 is 1. The lowest BCUT2D eigenvalue weighted by Gasteiger charge is -2.15. The third-order valence-corrected chi connectivity index (χ3v) is 2.99. The summed E-state index contributed by atoms with van der Waals surface area (Å²) in [7, 11) is 1.27. The number of hydrogen-bond donors (Lipinski definition) is 0. The van der Waals surface area contributed by atoms with Crippen molar-refractivity contribution in [2.45, 2.75) is 12.5 Å². The highest BCUT2D eigenvalue weighted by Gasteiger charge is 2.24. The first-order chi connectivity index (χ1) is 10.2. The van der Waals surface area contributed by atoms with E-state index in [4.69, 9.17) is 9.47 Å². The zero-order chi connectivity index (χ0) is 15.1. The maximum absolute atomic E-state index is 12.0. The van der Waals surface area contributed by atoms with Crippen LogP contribution in [-0.2, 0) is 20.7 Å². The fraction of sp³-hybridized carbons (Fsp3) is 0.176. The number of esters is 2. The third kappa shape index (κ3) is 4.18. The summed E-state index contributed by atoms with van der Waals surface area (Å²) in [6.07, 6.45) is -0.670. The molecule has 0 aromatic heterocycles. The largest absolute Gasteiger partial charge is 0.466 e. The van der Waals surface area contributed by atoms with Gasteiger partial charge in [0.1, 0.15) is 0 Å². The average molecular weight is 284 g/mol. The van der Waals surface area contributed by atoms with Crippen molar-refractivity contribution in [3.63, 3.8) is 0 Å². The van der Waals surface area contributed by atoms with Gasteiger partial charge in [0.2, 0.25) is 6.10 Å². The van der Waals surface area contributed by atoms with Gasteiger partial charge in [-0.1, -0.05) is 48.5 Å². The molecule has 0 N–H and O–H groups in total. The standard InChI is InChI=1S/C17H16O4/c1-20-17(19)15(12-13-8-4-2-5-9-13)21-16(18)14-10-6-3-7-11-14/h2-11,15H,12H2,1H3/t15-/m0/s1. The number of carbonyl (C=O) groups excluding carboxylic acids is 2. The van der Waals surface area contributed by atoms with Crippen LogP contribution < -0.4 is 0 Å². The number of hydrogen-bond acceptors (Lipinski definition) is 4. The summed E-state index contributed by atoms with van der Waals surface area (Å²) in [6, 6.07) is 17.9. The molecule has 0 bridgehead atoms. The summed E-state index contributed by atoms with van der Waals surface area (Å²) in [5.41, 5.74) is 1.30. The second-order valence-corrected chi connectivity index (χ2v) is 4.47. The Bertz CT molecular complexity index is 593. The Labute approximate surface area is 123 Å². The zero-order valence-electron chi connectivity index (χ0n) is 11.7. The first kappa shape index (κ1) is 14.8. The van der Waals surface area contributed by atoms with E-state index in [0.29, 0.717) is 5.56 Å². The number of benzene rings is 2. The van der Waals surface area contributed by atoms with Gasteiger partial charge in [0, 0.05) is 6.42 Å². The predicted octanol–water partition coefficient (Wildman–Crippen LogP) is 2.63. The lowest BCUT2D eigenvalue weighted by Crippen LogP contribution is -2.30. The van der Waals surface area contributed by atoms with Crippen LogP contribution in [0.3, 0.4) is 0 Å². The smallest absolute Gasteiger partial charge is 0.347 e. The van der Waals surface area contributed by atoms with Crippen LogP contribution in [0.25, 0.3) is 0 Å². The average Bonchev–Trinajstić information content (AvgIpc) is 2.55. The molecule has 21 heavy (non-hydrogen) atoms. The lowest BCUT2D eigenvalue weighted by molar-refractivity contribution is -0.150. The molecule has 0 aliphatic heterocycles. The molecule has 0 saturated heterocycles. The third-order valence-electron chi connectivity index (χ3n) is 2.99. The summed E-state index contributed by atoms with van der Waals surface area (Å²) >= 11 is 0. The molecule has 108 valence electrons. The van der Waals surface area contributed by atoms with Crippen molar-refractivity contribution in [2.24, 2.45) is 0 Å². The van der Waals surface area contributed by atoms with Gasteiger partial charge < -0.3 is 9.47 Å². The monoisotopic (exact) mass is 284 g/mol. The van der Waals surface area contributed by atoms with Crippen LogP contribution >= 0.6 is 0 Å². The quantitative estimate of drug-likeness (QED) is 0.792. The van der Waals surface area contributed by atoms with E-state index >= 15 is 0 Å². The molecule has 4 nitrogen and oxygen atoms in total. The van der Waals surface area contributed by atoms with Gasteiger partial charge in [0.15, 0.2) is 0 Å². The minimum Gasteiger partial charge on any atom is -0.466 e. The Morgan fingerprint density at radius 1 is 0.952 bits per heavy atom. The van der Waals surface area contributed by atoms with Crippen LogP contribution in [0, 0.1) is 0 Å². The van der Waals surface area contributed by atoms with E-state index in [-0.39, 0.29) is 6.42 Å². The van der Waals surface area contributed by atoms with Crippen molar-refractivity contribution in [3.05, 3.63) is 71.8 Å². The molecule has 0 radical (unpaired) electrons. The van der Waals surface area contributed by atoms with Crippen molar-refractivity contribution < 1.29 is 19.1 Å². The lowest BCUT2D eigenvalue weighted by atomic mass is 10.1. The molecule has 2 rings (SSSR count). The van der Waals surface area contributed by atoms with Crippen molar-refractivity contribution in [1.29, 1.82) is 0 Å². The summed E-state index contributed by atoms with van der Waals surface area (Å²) in [4.78, 5) is 23.8. The summed E-state index contributed by atoms with van der Waals surface area (Å²) in [5.74, 6) is -1.11. The molecule has 4 heteroatoms. The first-order valence-corrected chi connectivity index (χ1v) is 6.58.